The van der Waals surface area contributed by atoms with Crippen molar-refractivity contribution in [2.45, 2.75) is 37.5 Å². The number of para-hydroxylation sites is 2. The van der Waals surface area contributed by atoms with Crippen molar-refractivity contribution in [2.24, 2.45) is 0 Å². The first-order chi connectivity index (χ1) is 19.3. The van der Waals surface area contributed by atoms with Crippen LogP contribution in [0.25, 0.3) is 0 Å². The van der Waals surface area contributed by atoms with E-state index in [2.05, 4.69) is 0 Å². The third-order valence-corrected chi connectivity index (χ3v) is 7.79. The van der Waals surface area contributed by atoms with Crippen LogP contribution in [0.4, 0.5) is 26.7 Å². The maximum absolute atomic E-state index is 14.1. The van der Waals surface area contributed by atoms with Crippen molar-refractivity contribution in [1.82, 2.24) is 14.7 Å². The number of hydrogen-bond acceptors (Lipinski definition) is 4. The highest BCUT2D eigenvalue weighted by Gasteiger charge is 2.54. The van der Waals surface area contributed by atoms with Gasteiger partial charge in [-0.3, -0.25) is 4.90 Å². The Morgan fingerprint density at radius 2 is 1.35 bits per heavy atom. The molecule has 2 fully saturated rings. The lowest BCUT2D eigenvalue weighted by atomic mass is 10.0. The van der Waals surface area contributed by atoms with Gasteiger partial charge < -0.3 is 24.7 Å². The molecular formula is C31H35N5O4. The van der Waals surface area contributed by atoms with Crippen LogP contribution in [0.2, 0.25) is 0 Å². The minimum Gasteiger partial charge on any atom is -0.480 e. The summed E-state index contributed by atoms with van der Waals surface area (Å²) in [5, 5.41) is 10.4. The van der Waals surface area contributed by atoms with Crippen LogP contribution in [-0.4, -0.2) is 83.7 Å². The van der Waals surface area contributed by atoms with Crippen LogP contribution in [0.15, 0.2) is 84.9 Å². The van der Waals surface area contributed by atoms with E-state index in [1.54, 1.807) is 21.7 Å². The number of carboxylic acids is 1. The lowest BCUT2D eigenvalue weighted by Crippen LogP contribution is -2.67. The lowest BCUT2D eigenvalue weighted by Gasteiger charge is -2.47. The van der Waals surface area contributed by atoms with Gasteiger partial charge in [-0.15, -0.1) is 0 Å². The molecule has 40 heavy (non-hydrogen) atoms. The second-order valence-corrected chi connectivity index (χ2v) is 10.6. The number of fused-ring (bicyclic) bond motifs is 2. The van der Waals surface area contributed by atoms with Crippen molar-refractivity contribution in [1.29, 1.82) is 0 Å². The number of nitrogens with zero attached hydrogens (tertiary/aromatic N) is 5. The molecule has 2 aliphatic rings. The standard InChI is InChI=1S/C31H35N5O4/c1-32(2)23-16-14-22(15-17-23)20-33(3)30(39)36-26-18-19-27(36)28(29(37)38)34(21-26)31(40)35(24-10-6-4-7-11-24)25-12-8-5-9-13-25/h4-17,26-28H,18-21H2,1-3H3,(H,37,38)/t26?,27-,28+/m1/s1. The second-order valence-electron chi connectivity index (χ2n) is 10.6. The molecule has 0 aliphatic carbocycles. The summed E-state index contributed by atoms with van der Waals surface area (Å²) < 4.78 is 0. The first kappa shape index (κ1) is 27.1. The molecule has 0 aromatic heterocycles. The Balaban J connectivity index is 1.39. The van der Waals surface area contributed by atoms with Gasteiger partial charge >= 0.3 is 18.0 Å². The summed E-state index contributed by atoms with van der Waals surface area (Å²) in [7, 11) is 5.69. The van der Waals surface area contributed by atoms with Crippen LogP contribution in [-0.2, 0) is 11.3 Å². The molecule has 3 aromatic carbocycles. The highest BCUT2D eigenvalue weighted by Crippen LogP contribution is 2.37. The van der Waals surface area contributed by atoms with Gasteiger partial charge in [0.15, 0.2) is 6.04 Å². The van der Waals surface area contributed by atoms with Crippen molar-refractivity contribution < 1.29 is 19.5 Å². The molecule has 0 radical (unpaired) electrons. The molecule has 2 bridgehead atoms. The second kappa shape index (κ2) is 11.3. The van der Waals surface area contributed by atoms with Gasteiger partial charge in [-0.1, -0.05) is 48.5 Å². The molecular weight excluding hydrogens is 506 g/mol. The summed E-state index contributed by atoms with van der Waals surface area (Å²) in [6.07, 6.45) is 1.17. The van der Waals surface area contributed by atoms with Crippen LogP contribution in [0.5, 0.6) is 0 Å². The average Bonchev–Trinajstić information content (AvgIpc) is 3.25. The molecule has 9 heteroatoms. The normalized spacial score (nSPS) is 19.7. The van der Waals surface area contributed by atoms with Crippen LogP contribution >= 0.6 is 0 Å². The molecule has 2 heterocycles. The molecule has 2 saturated heterocycles. The predicted molar refractivity (Wildman–Crippen MR) is 155 cm³/mol. The van der Waals surface area contributed by atoms with Crippen LogP contribution in [0.3, 0.4) is 0 Å². The summed E-state index contributed by atoms with van der Waals surface area (Å²) in [5.74, 6) is -1.11. The number of rotatable bonds is 6. The van der Waals surface area contributed by atoms with Gasteiger partial charge in [0.2, 0.25) is 0 Å². The number of aliphatic carboxylic acids is 1. The number of amides is 4. The van der Waals surface area contributed by atoms with E-state index in [0.29, 0.717) is 30.8 Å². The smallest absolute Gasteiger partial charge is 0.329 e. The van der Waals surface area contributed by atoms with Crippen LogP contribution in [0.1, 0.15) is 18.4 Å². The van der Waals surface area contributed by atoms with Crippen molar-refractivity contribution in [2.75, 3.05) is 37.5 Å². The molecule has 208 valence electrons. The van der Waals surface area contributed by atoms with Crippen molar-refractivity contribution in [3.8, 4) is 0 Å². The number of likely N-dealkylation sites (tertiary alicyclic amines) is 1. The van der Waals surface area contributed by atoms with E-state index < -0.39 is 24.1 Å². The first-order valence-corrected chi connectivity index (χ1v) is 13.5. The Labute approximate surface area is 234 Å². The van der Waals surface area contributed by atoms with Crippen molar-refractivity contribution in [3.63, 3.8) is 0 Å². The topological polar surface area (TPSA) is 87.6 Å². The van der Waals surface area contributed by atoms with E-state index in [1.807, 2.05) is 104 Å². The molecule has 0 spiro atoms. The molecule has 3 atom stereocenters. The van der Waals surface area contributed by atoms with Gasteiger partial charge in [-0.2, -0.15) is 0 Å². The molecule has 1 N–H and O–H groups in total. The summed E-state index contributed by atoms with van der Waals surface area (Å²) >= 11 is 0. The quantitative estimate of drug-likeness (QED) is 0.481. The molecule has 1 unspecified atom stereocenters. The maximum atomic E-state index is 14.1. The fourth-order valence-corrected chi connectivity index (χ4v) is 5.83. The number of carbonyl (C=O) groups excluding carboxylic acids is 2. The zero-order valence-electron chi connectivity index (χ0n) is 23.1. The van der Waals surface area contributed by atoms with E-state index in [9.17, 15) is 19.5 Å². The summed E-state index contributed by atoms with van der Waals surface area (Å²) in [5.41, 5.74) is 3.35. The zero-order chi connectivity index (χ0) is 28.4. The Hall–Kier alpha value is -4.53. The number of hydrogen-bond donors (Lipinski definition) is 1. The van der Waals surface area contributed by atoms with Crippen LogP contribution in [0, 0.1) is 0 Å². The fourth-order valence-electron chi connectivity index (χ4n) is 5.83. The summed E-state index contributed by atoms with van der Waals surface area (Å²) in [6, 6.07) is 23.8. The van der Waals surface area contributed by atoms with E-state index in [1.165, 1.54) is 4.90 Å². The Kier molecular flexibility index (Phi) is 7.64. The average molecular weight is 542 g/mol. The summed E-state index contributed by atoms with van der Waals surface area (Å²) in [4.78, 5) is 48.9. The van der Waals surface area contributed by atoms with E-state index in [4.69, 9.17) is 0 Å². The number of anilines is 3. The van der Waals surface area contributed by atoms with Crippen molar-refractivity contribution in [3.05, 3.63) is 90.5 Å². The number of urea groups is 2. The number of piperazine rings is 1. The third-order valence-electron chi connectivity index (χ3n) is 7.79. The van der Waals surface area contributed by atoms with Gasteiger partial charge in [0.1, 0.15) is 0 Å². The van der Waals surface area contributed by atoms with Gasteiger partial charge in [0, 0.05) is 39.9 Å². The minimum atomic E-state index is -1.15. The molecule has 9 nitrogen and oxygen atoms in total. The molecule has 3 aromatic rings. The fraction of sp³-hybridized carbons (Fsp3) is 0.323. The lowest BCUT2D eigenvalue weighted by molar-refractivity contribution is -0.145. The van der Waals surface area contributed by atoms with E-state index >= 15 is 0 Å². The zero-order valence-corrected chi connectivity index (χ0v) is 23.1. The maximum Gasteiger partial charge on any atom is 0.329 e. The number of carbonyl (C=O) groups is 3. The van der Waals surface area contributed by atoms with Gasteiger partial charge in [-0.05, 0) is 54.8 Å². The minimum absolute atomic E-state index is 0.152. The molecule has 0 saturated carbocycles. The summed E-state index contributed by atoms with van der Waals surface area (Å²) in [6.45, 7) is 0.554. The SMILES string of the molecule is CN(Cc1ccc(N(C)C)cc1)C(=O)N1C2CC[C@@H]1[C@@H](C(=O)O)N(C(=O)N(c1ccccc1)c1ccccc1)C2. The Morgan fingerprint density at radius 3 is 1.88 bits per heavy atom. The molecule has 5 rings (SSSR count). The molecule has 4 amide bonds. The van der Waals surface area contributed by atoms with Crippen molar-refractivity contribution >= 4 is 35.1 Å². The van der Waals surface area contributed by atoms with Gasteiger partial charge in [0.05, 0.1) is 23.5 Å². The highest BCUT2D eigenvalue weighted by molar-refractivity contribution is 6.01. The first-order valence-electron chi connectivity index (χ1n) is 13.5. The Morgan fingerprint density at radius 1 is 0.775 bits per heavy atom. The highest BCUT2D eigenvalue weighted by atomic mass is 16.4. The predicted octanol–water partition coefficient (Wildman–Crippen LogP) is 4.86. The van der Waals surface area contributed by atoms with Gasteiger partial charge in [-0.25, -0.2) is 14.4 Å². The van der Waals surface area contributed by atoms with E-state index in [0.717, 1.165) is 11.3 Å². The van der Waals surface area contributed by atoms with Gasteiger partial charge in [0.25, 0.3) is 0 Å². The number of carboxylic acid groups (broad SMARTS) is 1. The monoisotopic (exact) mass is 541 g/mol. The van der Waals surface area contributed by atoms with Crippen LogP contribution < -0.4 is 9.80 Å². The van der Waals surface area contributed by atoms with E-state index in [-0.39, 0.29) is 18.6 Å². The Bertz CT molecular complexity index is 1310. The largest absolute Gasteiger partial charge is 0.480 e. The molecule has 2 aliphatic heterocycles. The number of benzene rings is 3. The third kappa shape index (κ3) is 5.19.